The Labute approximate surface area is 78.2 Å². The summed E-state index contributed by atoms with van der Waals surface area (Å²) in [5.41, 5.74) is 0.852. The first-order chi connectivity index (χ1) is 6.27. The third kappa shape index (κ3) is 1.48. The Morgan fingerprint density at radius 3 is 3.08 bits per heavy atom. The maximum atomic E-state index is 11.3. The number of aromatic nitrogens is 2. The highest BCUT2D eigenvalue weighted by atomic mass is 35.5. The topological polar surface area (TPSA) is 58.9 Å². The van der Waals surface area contributed by atoms with E-state index in [4.69, 9.17) is 16.0 Å². The van der Waals surface area contributed by atoms with Gasteiger partial charge in [0, 0.05) is 5.56 Å². The maximum Gasteiger partial charge on any atom is 0.272 e. The first kappa shape index (κ1) is 8.07. The molecule has 0 unspecified atom stereocenters. The molecule has 0 aliphatic carbocycles. The maximum absolute atomic E-state index is 11.3. The lowest BCUT2D eigenvalue weighted by molar-refractivity contribution is 0.568. The Morgan fingerprint density at radius 1 is 1.54 bits per heavy atom. The van der Waals surface area contributed by atoms with Gasteiger partial charge in [-0.15, -0.1) is 0 Å². The van der Waals surface area contributed by atoms with E-state index >= 15 is 0 Å². The summed E-state index contributed by atoms with van der Waals surface area (Å²) < 4.78 is 4.85. The highest BCUT2D eigenvalue weighted by Gasteiger charge is 2.05. The van der Waals surface area contributed by atoms with Crippen LogP contribution in [0.25, 0.3) is 11.1 Å². The molecule has 1 N–H and O–H groups in total. The van der Waals surface area contributed by atoms with Gasteiger partial charge in [0.15, 0.2) is 0 Å². The fraction of sp³-hybridized carbons (Fsp3) is 0. The smallest absolute Gasteiger partial charge is 0.272 e. The van der Waals surface area contributed by atoms with Crippen LogP contribution in [0.1, 0.15) is 0 Å². The fourth-order valence-corrected chi connectivity index (χ4v) is 1.16. The van der Waals surface area contributed by atoms with Gasteiger partial charge in [-0.2, -0.15) is 5.10 Å². The van der Waals surface area contributed by atoms with Crippen molar-refractivity contribution in [3.8, 4) is 11.1 Å². The van der Waals surface area contributed by atoms with Gasteiger partial charge < -0.3 is 4.42 Å². The summed E-state index contributed by atoms with van der Waals surface area (Å²) in [6.07, 6.45) is 2.96. The number of rotatable bonds is 1. The number of hydrogen-bond donors (Lipinski definition) is 1. The van der Waals surface area contributed by atoms with Crippen LogP contribution in [0.2, 0.25) is 5.15 Å². The van der Waals surface area contributed by atoms with Crippen molar-refractivity contribution in [2.75, 3.05) is 0 Å². The number of halogens is 1. The van der Waals surface area contributed by atoms with E-state index in [1.807, 2.05) is 0 Å². The molecule has 2 rings (SSSR count). The van der Waals surface area contributed by atoms with Crippen LogP contribution in [-0.2, 0) is 0 Å². The summed E-state index contributed by atoms with van der Waals surface area (Å²) in [5, 5.41) is 6.07. The van der Waals surface area contributed by atoms with Gasteiger partial charge in [0.25, 0.3) is 5.56 Å². The van der Waals surface area contributed by atoms with E-state index in [1.54, 1.807) is 6.07 Å². The van der Waals surface area contributed by atoms with Crippen molar-refractivity contribution in [1.82, 2.24) is 10.2 Å². The Balaban J connectivity index is 2.64. The van der Waals surface area contributed by atoms with E-state index in [2.05, 4.69) is 10.2 Å². The third-order valence-corrected chi connectivity index (χ3v) is 1.80. The predicted molar refractivity (Wildman–Crippen MR) is 47.6 cm³/mol. The molecule has 0 aliphatic rings. The number of nitrogens with zero attached hydrogens (tertiary/aromatic N) is 1. The summed E-state index contributed by atoms with van der Waals surface area (Å²) in [6, 6.07) is 3.17. The van der Waals surface area contributed by atoms with Crippen LogP contribution in [-0.4, -0.2) is 10.2 Å². The van der Waals surface area contributed by atoms with Crippen molar-refractivity contribution in [2.45, 2.75) is 0 Å². The molecule has 5 heteroatoms. The molecule has 0 aliphatic heterocycles. The molecule has 66 valence electrons. The molecule has 0 spiro atoms. The first-order valence-electron chi connectivity index (χ1n) is 3.55. The predicted octanol–water partition coefficient (Wildman–Crippen LogP) is 1.68. The molecule has 2 aromatic heterocycles. The second kappa shape index (κ2) is 3.06. The highest BCUT2D eigenvalue weighted by molar-refractivity contribution is 6.29. The molecule has 0 atom stereocenters. The van der Waals surface area contributed by atoms with Crippen LogP contribution in [0, 0.1) is 0 Å². The molecular formula is C8H5ClN2O2. The monoisotopic (exact) mass is 196 g/mol. The zero-order chi connectivity index (χ0) is 9.26. The number of nitrogens with one attached hydrogen (secondary N) is 1. The van der Waals surface area contributed by atoms with E-state index < -0.39 is 0 Å². The van der Waals surface area contributed by atoms with Gasteiger partial charge in [-0.1, -0.05) is 11.6 Å². The average molecular weight is 197 g/mol. The van der Waals surface area contributed by atoms with Gasteiger partial charge in [-0.3, -0.25) is 4.79 Å². The van der Waals surface area contributed by atoms with Crippen LogP contribution in [0.4, 0.5) is 0 Å². The van der Waals surface area contributed by atoms with Gasteiger partial charge in [0.05, 0.1) is 18.1 Å². The van der Waals surface area contributed by atoms with Crippen molar-refractivity contribution < 1.29 is 4.42 Å². The van der Waals surface area contributed by atoms with E-state index in [1.165, 1.54) is 18.6 Å². The summed E-state index contributed by atoms with van der Waals surface area (Å²) in [7, 11) is 0. The molecule has 0 radical (unpaired) electrons. The van der Waals surface area contributed by atoms with Gasteiger partial charge >= 0.3 is 0 Å². The van der Waals surface area contributed by atoms with Gasteiger partial charge in [0.2, 0.25) is 0 Å². The van der Waals surface area contributed by atoms with Crippen molar-refractivity contribution >= 4 is 11.6 Å². The van der Waals surface area contributed by atoms with Crippen molar-refractivity contribution in [3.05, 3.63) is 40.2 Å². The quantitative estimate of drug-likeness (QED) is 0.755. The molecule has 2 heterocycles. The van der Waals surface area contributed by atoms with Crippen LogP contribution >= 0.6 is 11.6 Å². The lowest BCUT2D eigenvalue weighted by atomic mass is 10.2. The van der Waals surface area contributed by atoms with Crippen LogP contribution < -0.4 is 5.56 Å². The summed E-state index contributed by atoms with van der Waals surface area (Å²) in [4.78, 5) is 11.3. The summed E-state index contributed by atoms with van der Waals surface area (Å²) in [5.74, 6) is 0. The normalized spacial score (nSPS) is 10.2. The second-order valence-electron chi connectivity index (χ2n) is 2.45. The van der Waals surface area contributed by atoms with E-state index in [0.717, 1.165) is 0 Å². The molecular weight excluding hydrogens is 192 g/mol. The average Bonchev–Trinajstić information content (AvgIpc) is 2.61. The SMILES string of the molecule is O=c1[nH]nc(Cl)cc1-c1ccoc1. The largest absolute Gasteiger partial charge is 0.472 e. The minimum absolute atomic E-state index is 0.246. The number of furan rings is 1. The van der Waals surface area contributed by atoms with Crippen LogP contribution in [0.3, 0.4) is 0 Å². The minimum atomic E-state index is -0.286. The van der Waals surface area contributed by atoms with E-state index in [9.17, 15) is 4.79 Å². The lowest BCUT2D eigenvalue weighted by Crippen LogP contribution is -2.09. The minimum Gasteiger partial charge on any atom is -0.472 e. The lowest BCUT2D eigenvalue weighted by Gasteiger charge is -1.94. The number of hydrogen-bond acceptors (Lipinski definition) is 3. The molecule has 2 aromatic rings. The van der Waals surface area contributed by atoms with Gasteiger partial charge in [-0.05, 0) is 12.1 Å². The zero-order valence-corrected chi connectivity index (χ0v) is 7.21. The van der Waals surface area contributed by atoms with E-state index in [-0.39, 0.29) is 10.7 Å². The molecule has 0 amide bonds. The van der Waals surface area contributed by atoms with Gasteiger partial charge in [0.1, 0.15) is 5.15 Å². The summed E-state index contributed by atoms with van der Waals surface area (Å²) >= 11 is 5.62. The Morgan fingerprint density at radius 2 is 2.38 bits per heavy atom. The second-order valence-corrected chi connectivity index (χ2v) is 2.83. The van der Waals surface area contributed by atoms with E-state index in [0.29, 0.717) is 11.1 Å². The van der Waals surface area contributed by atoms with Gasteiger partial charge in [-0.25, -0.2) is 5.10 Å². The first-order valence-corrected chi connectivity index (χ1v) is 3.93. The Kier molecular flexibility index (Phi) is 1.90. The molecule has 0 saturated heterocycles. The third-order valence-electron chi connectivity index (χ3n) is 1.60. The number of H-pyrrole nitrogens is 1. The van der Waals surface area contributed by atoms with Crippen molar-refractivity contribution in [2.24, 2.45) is 0 Å². The Hall–Kier alpha value is -1.55. The number of aromatic amines is 1. The van der Waals surface area contributed by atoms with Crippen molar-refractivity contribution in [1.29, 1.82) is 0 Å². The van der Waals surface area contributed by atoms with Crippen LogP contribution in [0.5, 0.6) is 0 Å². The fourth-order valence-electron chi connectivity index (χ4n) is 1.01. The van der Waals surface area contributed by atoms with Crippen molar-refractivity contribution in [3.63, 3.8) is 0 Å². The molecule has 4 nitrogen and oxygen atoms in total. The molecule has 0 aromatic carbocycles. The summed E-state index contributed by atoms with van der Waals surface area (Å²) in [6.45, 7) is 0. The highest BCUT2D eigenvalue weighted by Crippen LogP contribution is 2.16. The standard InChI is InChI=1S/C8H5ClN2O2/c9-7-3-6(8(12)11-10-7)5-1-2-13-4-5/h1-4H,(H,11,12). The molecule has 0 bridgehead atoms. The molecule has 0 saturated carbocycles. The Bertz CT molecular complexity index is 461. The zero-order valence-electron chi connectivity index (χ0n) is 6.45. The molecule has 0 fully saturated rings. The van der Waals surface area contributed by atoms with Crippen LogP contribution in [0.15, 0.2) is 33.9 Å². The molecule has 13 heavy (non-hydrogen) atoms.